The molecule has 0 radical (unpaired) electrons. The molecule has 1 aliphatic carbocycles. The van der Waals surface area contributed by atoms with Crippen LogP contribution in [-0.2, 0) is 14.3 Å². The Morgan fingerprint density at radius 1 is 1.43 bits per heavy atom. The summed E-state index contributed by atoms with van der Waals surface area (Å²) in [5.41, 5.74) is 0.0712. The van der Waals surface area contributed by atoms with Crippen molar-refractivity contribution in [1.82, 2.24) is 0 Å². The summed E-state index contributed by atoms with van der Waals surface area (Å²) in [6, 6.07) is 7.79. The number of hydrogen-bond acceptors (Lipinski definition) is 4. The summed E-state index contributed by atoms with van der Waals surface area (Å²) < 4.78 is 11.9. The van der Waals surface area contributed by atoms with Crippen LogP contribution in [0.25, 0.3) is 0 Å². The first kappa shape index (κ1) is 16.3. The fourth-order valence-electron chi connectivity index (χ4n) is 2.95. The largest absolute Gasteiger partial charge is 0.464 e. The molecule has 0 saturated heterocycles. The Bertz CT molecular complexity index is 494. The first-order valence-corrected chi connectivity index (χ1v) is 8.16. The van der Waals surface area contributed by atoms with Gasteiger partial charge >= 0.3 is 5.97 Å². The van der Waals surface area contributed by atoms with Gasteiger partial charge in [-0.3, -0.25) is 0 Å². The lowest BCUT2D eigenvalue weighted by molar-refractivity contribution is -0.156. The molecule has 1 N–H and O–H groups in total. The van der Waals surface area contributed by atoms with E-state index >= 15 is 0 Å². The highest BCUT2D eigenvalue weighted by Gasteiger charge is 2.49. The summed E-state index contributed by atoms with van der Waals surface area (Å²) in [6.45, 7) is 2.20. The average molecular weight is 356 g/mol. The first-order valence-electron chi connectivity index (χ1n) is 7.36. The Morgan fingerprint density at radius 3 is 2.86 bits per heavy atom. The van der Waals surface area contributed by atoms with Crippen molar-refractivity contribution in [1.29, 1.82) is 0 Å². The van der Waals surface area contributed by atoms with Gasteiger partial charge in [-0.05, 0) is 47.8 Å². The van der Waals surface area contributed by atoms with E-state index in [1.807, 2.05) is 31.2 Å². The maximum absolute atomic E-state index is 12.6. The fourth-order valence-corrected chi connectivity index (χ4v) is 3.33. The second-order valence-electron chi connectivity index (χ2n) is 5.27. The zero-order valence-electron chi connectivity index (χ0n) is 12.5. The molecule has 4 nitrogen and oxygen atoms in total. The molecule has 0 heterocycles. The third-order valence-electron chi connectivity index (χ3n) is 3.99. The molecule has 0 bridgehead atoms. The van der Waals surface area contributed by atoms with Gasteiger partial charge in [-0.1, -0.05) is 25.0 Å². The molecule has 1 aromatic rings. The van der Waals surface area contributed by atoms with E-state index in [-0.39, 0.29) is 12.1 Å². The minimum atomic E-state index is -0.813. The predicted octanol–water partition coefficient (Wildman–Crippen LogP) is 3.75. The maximum atomic E-state index is 12.6. The van der Waals surface area contributed by atoms with E-state index in [9.17, 15) is 4.79 Å². The Labute approximate surface area is 134 Å². The van der Waals surface area contributed by atoms with Crippen molar-refractivity contribution < 1.29 is 14.3 Å². The maximum Gasteiger partial charge on any atom is 0.334 e. The molecule has 1 saturated carbocycles. The third-order valence-corrected chi connectivity index (χ3v) is 4.68. The average Bonchev–Trinajstić information content (AvgIpc) is 2.50. The van der Waals surface area contributed by atoms with Gasteiger partial charge in [0.15, 0.2) is 5.54 Å². The number of halogens is 1. The topological polar surface area (TPSA) is 47.6 Å². The summed E-state index contributed by atoms with van der Waals surface area (Å²) in [4.78, 5) is 12.6. The van der Waals surface area contributed by atoms with Gasteiger partial charge in [-0.2, -0.15) is 0 Å². The molecule has 1 aromatic carbocycles. The number of nitrogens with one attached hydrogen (secondary N) is 1. The lowest BCUT2D eigenvalue weighted by Gasteiger charge is -2.42. The van der Waals surface area contributed by atoms with Crippen LogP contribution in [0.4, 0.5) is 5.69 Å². The van der Waals surface area contributed by atoms with Crippen LogP contribution in [0.1, 0.15) is 32.6 Å². The summed E-state index contributed by atoms with van der Waals surface area (Å²) in [6.07, 6.45) is 3.43. The zero-order valence-corrected chi connectivity index (χ0v) is 14.1. The summed E-state index contributed by atoms with van der Waals surface area (Å²) in [5, 5.41) is 3.40. The number of anilines is 1. The van der Waals surface area contributed by atoms with Crippen LogP contribution in [0, 0.1) is 0 Å². The van der Waals surface area contributed by atoms with Crippen LogP contribution >= 0.6 is 15.9 Å². The number of methoxy groups -OCH3 is 1. The molecule has 1 aliphatic rings. The second kappa shape index (κ2) is 7.27. The lowest BCUT2D eigenvalue weighted by Crippen LogP contribution is -2.58. The van der Waals surface area contributed by atoms with Gasteiger partial charge in [0, 0.05) is 17.3 Å². The van der Waals surface area contributed by atoms with Crippen LogP contribution in [0.3, 0.4) is 0 Å². The number of ether oxygens (including phenoxy) is 2. The van der Waals surface area contributed by atoms with Gasteiger partial charge in [0.1, 0.15) is 0 Å². The number of benzene rings is 1. The van der Waals surface area contributed by atoms with Gasteiger partial charge in [-0.25, -0.2) is 4.79 Å². The number of rotatable bonds is 5. The van der Waals surface area contributed by atoms with Crippen molar-refractivity contribution in [2.24, 2.45) is 0 Å². The fraction of sp³-hybridized carbons (Fsp3) is 0.562. The summed E-state index contributed by atoms with van der Waals surface area (Å²) in [7, 11) is 1.66. The highest BCUT2D eigenvalue weighted by Crippen LogP contribution is 2.36. The molecule has 21 heavy (non-hydrogen) atoms. The molecule has 1 fully saturated rings. The number of hydrogen-bond donors (Lipinski definition) is 1. The van der Waals surface area contributed by atoms with Gasteiger partial charge in [0.2, 0.25) is 0 Å². The number of carbonyl (C=O) groups is 1. The van der Waals surface area contributed by atoms with E-state index < -0.39 is 5.54 Å². The number of para-hydroxylation sites is 1. The molecule has 2 atom stereocenters. The smallest absolute Gasteiger partial charge is 0.334 e. The Hall–Kier alpha value is -1.07. The minimum absolute atomic E-state index is 0.183. The molecule has 0 amide bonds. The van der Waals surface area contributed by atoms with Crippen LogP contribution in [0.5, 0.6) is 0 Å². The van der Waals surface area contributed by atoms with Crippen molar-refractivity contribution in [3.8, 4) is 0 Å². The van der Waals surface area contributed by atoms with Crippen molar-refractivity contribution in [3.63, 3.8) is 0 Å². The van der Waals surface area contributed by atoms with Crippen LogP contribution < -0.4 is 5.32 Å². The van der Waals surface area contributed by atoms with Gasteiger partial charge in [0.05, 0.1) is 12.7 Å². The van der Waals surface area contributed by atoms with E-state index in [1.54, 1.807) is 7.11 Å². The van der Waals surface area contributed by atoms with Crippen molar-refractivity contribution >= 4 is 27.6 Å². The Balaban J connectivity index is 2.35. The van der Waals surface area contributed by atoms with Gasteiger partial charge < -0.3 is 14.8 Å². The molecule has 116 valence electrons. The van der Waals surface area contributed by atoms with Gasteiger partial charge in [-0.15, -0.1) is 0 Å². The standard InChI is InChI=1S/C16H22BrNO3/c1-3-21-15(19)16(11-7-6-10-14(16)20-2)18-13-9-5-4-8-12(13)17/h4-5,8-9,14,18H,3,6-7,10-11H2,1-2H3. The summed E-state index contributed by atoms with van der Waals surface area (Å²) in [5.74, 6) is -0.229. The van der Waals surface area contributed by atoms with Gasteiger partial charge in [0.25, 0.3) is 0 Å². The number of carbonyl (C=O) groups excluding carboxylic acids is 1. The normalized spacial score (nSPS) is 25.4. The molecule has 0 spiro atoms. The minimum Gasteiger partial charge on any atom is -0.464 e. The predicted molar refractivity (Wildman–Crippen MR) is 86.4 cm³/mol. The van der Waals surface area contributed by atoms with E-state index in [2.05, 4.69) is 21.2 Å². The highest BCUT2D eigenvalue weighted by molar-refractivity contribution is 9.10. The molecular weight excluding hydrogens is 334 g/mol. The first-order chi connectivity index (χ1) is 10.1. The molecule has 0 aliphatic heterocycles. The molecule has 0 aromatic heterocycles. The van der Waals surface area contributed by atoms with Crippen LogP contribution in [-0.4, -0.2) is 31.3 Å². The van der Waals surface area contributed by atoms with E-state index in [0.29, 0.717) is 13.0 Å². The number of esters is 1. The summed E-state index contributed by atoms with van der Waals surface area (Å²) >= 11 is 3.52. The molecule has 2 rings (SSSR count). The highest BCUT2D eigenvalue weighted by atomic mass is 79.9. The Morgan fingerprint density at radius 2 is 2.19 bits per heavy atom. The lowest BCUT2D eigenvalue weighted by atomic mass is 9.78. The van der Waals surface area contributed by atoms with E-state index in [0.717, 1.165) is 29.4 Å². The van der Waals surface area contributed by atoms with Crippen molar-refractivity contribution in [2.75, 3.05) is 19.0 Å². The van der Waals surface area contributed by atoms with Crippen molar-refractivity contribution in [2.45, 2.75) is 44.2 Å². The van der Waals surface area contributed by atoms with Crippen LogP contribution in [0.2, 0.25) is 0 Å². The van der Waals surface area contributed by atoms with Crippen molar-refractivity contribution in [3.05, 3.63) is 28.7 Å². The quantitative estimate of drug-likeness (QED) is 0.817. The van der Waals surface area contributed by atoms with E-state index in [1.165, 1.54) is 0 Å². The third kappa shape index (κ3) is 3.40. The Kier molecular flexibility index (Phi) is 5.65. The molecule has 2 unspecified atom stereocenters. The monoisotopic (exact) mass is 355 g/mol. The van der Waals surface area contributed by atoms with E-state index in [4.69, 9.17) is 9.47 Å². The molecular formula is C16H22BrNO3. The van der Waals surface area contributed by atoms with Crippen LogP contribution in [0.15, 0.2) is 28.7 Å². The SMILES string of the molecule is CCOC(=O)C1(Nc2ccccc2Br)CCCCC1OC. The zero-order chi connectivity index (χ0) is 15.3. The second-order valence-corrected chi connectivity index (χ2v) is 6.12. The molecule has 5 heteroatoms.